The van der Waals surface area contributed by atoms with Crippen LogP contribution >= 0.6 is 0 Å². The number of nitrogens with one attached hydrogen (secondary N) is 1. The Balaban J connectivity index is 2.17. The van der Waals surface area contributed by atoms with E-state index in [0.29, 0.717) is 5.56 Å². The number of phenols is 2. The van der Waals surface area contributed by atoms with Crippen LogP contribution in [0.2, 0.25) is 0 Å². The van der Waals surface area contributed by atoms with Crippen molar-refractivity contribution in [2.24, 2.45) is 0 Å². The van der Waals surface area contributed by atoms with Crippen LogP contribution in [0.5, 0.6) is 11.5 Å². The van der Waals surface area contributed by atoms with Crippen molar-refractivity contribution in [3.63, 3.8) is 0 Å². The highest BCUT2D eigenvalue weighted by atomic mass is 16.6. The standard InChI is InChI=1S/C12H13NO6/c1-6(14)18-5-8-11(19-12(17)13-8)7-2-3-9(15)10(16)4-7/h2-4,8,11,15-16H,5H2,1H3,(H,13,17)/t8-,11-/m1/s1. The molecule has 1 heterocycles. The molecule has 102 valence electrons. The minimum atomic E-state index is -0.696. The number of hydrogen-bond acceptors (Lipinski definition) is 6. The molecule has 0 radical (unpaired) electrons. The highest BCUT2D eigenvalue weighted by Crippen LogP contribution is 2.32. The zero-order valence-electron chi connectivity index (χ0n) is 10.1. The third-order valence-corrected chi connectivity index (χ3v) is 2.70. The number of esters is 1. The van der Waals surface area contributed by atoms with E-state index < -0.39 is 24.2 Å². The number of carbonyl (C=O) groups is 2. The molecule has 1 aromatic rings. The Bertz CT molecular complexity index is 515. The molecule has 3 N–H and O–H groups in total. The highest BCUT2D eigenvalue weighted by molar-refractivity contribution is 5.71. The summed E-state index contributed by atoms with van der Waals surface area (Å²) in [7, 11) is 0. The molecular formula is C12H13NO6. The number of alkyl carbamates (subject to hydrolysis) is 1. The van der Waals surface area contributed by atoms with Gasteiger partial charge in [0.25, 0.3) is 0 Å². The second-order valence-electron chi connectivity index (χ2n) is 4.13. The average molecular weight is 267 g/mol. The predicted octanol–water partition coefficient (Wildman–Crippen LogP) is 0.810. The summed E-state index contributed by atoms with van der Waals surface area (Å²) in [6.45, 7) is 1.23. The van der Waals surface area contributed by atoms with E-state index in [4.69, 9.17) is 9.47 Å². The number of cyclic esters (lactones) is 1. The van der Waals surface area contributed by atoms with Crippen molar-refractivity contribution in [1.82, 2.24) is 5.32 Å². The molecule has 1 aromatic carbocycles. The number of hydrogen-bond donors (Lipinski definition) is 3. The first kappa shape index (κ1) is 13.0. The number of benzene rings is 1. The van der Waals surface area contributed by atoms with Crippen LogP contribution in [0, 0.1) is 0 Å². The topological polar surface area (TPSA) is 105 Å². The summed E-state index contributed by atoms with van der Waals surface area (Å²) in [6.07, 6.45) is -1.33. The third kappa shape index (κ3) is 2.87. The minimum absolute atomic E-state index is 0.0343. The monoisotopic (exact) mass is 267 g/mol. The largest absolute Gasteiger partial charge is 0.504 e. The molecule has 1 saturated heterocycles. The first-order valence-electron chi connectivity index (χ1n) is 5.60. The van der Waals surface area contributed by atoms with E-state index in [2.05, 4.69) is 5.32 Å². The predicted molar refractivity (Wildman–Crippen MR) is 62.6 cm³/mol. The molecule has 0 saturated carbocycles. The number of phenolic OH excluding ortho intramolecular Hbond substituents is 2. The summed E-state index contributed by atoms with van der Waals surface area (Å²) < 4.78 is 9.89. The Labute approximate surface area is 108 Å². The van der Waals surface area contributed by atoms with Crippen molar-refractivity contribution in [3.05, 3.63) is 23.8 Å². The Morgan fingerprint density at radius 3 is 2.79 bits per heavy atom. The maximum atomic E-state index is 11.2. The maximum absolute atomic E-state index is 11.2. The third-order valence-electron chi connectivity index (χ3n) is 2.70. The van der Waals surface area contributed by atoms with Crippen LogP contribution in [-0.4, -0.2) is 34.9 Å². The van der Waals surface area contributed by atoms with Gasteiger partial charge in [0, 0.05) is 6.92 Å². The van der Waals surface area contributed by atoms with E-state index >= 15 is 0 Å². The molecule has 0 unspecified atom stereocenters. The van der Waals surface area contributed by atoms with Crippen LogP contribution < -0.4 is 5.32 Å². The first-order chi connectivity index (χ1) is 8.97. The van der Waals surface area contributed by atoms with Crippen molar-refractivity contribution < 1.29 is 29.3 Å². The second kappa shape index (κ2) is 5.05. The van der Waals surface area contributed by atoms with Gasteiger partial charge in [0.2, 0.25) is 0 Å². The molecule has 7 heteroatoms. The van der Waals surface area contributed by atoms with Gasteiger partial charge in [0.05, 0.1) is 0 Å². The molecule has 0 aromatic heterocycles. The Kier molecular flexibility index (Phi) is 3.46. The normalized spacial score (nSPS) is 21.6. The van der Waals surface area contributed by atoms with Gasteiger partial charge in [-0.25, -0.2) is 4.79 Å². The second-order valence-corrected chi connectivity index (χ2v) is 4.13. The highest BCUT2D eigenvalue weighted by Gasteiger charge is 2.36. The average Bonchev–Trinajstić information content (AvgIpc) is 2.71. The lowest BCUT2D eigenvalue weighted by molar-refractivity contribution is -0.141. The summed E-state index contributed by atoms with van der Waals surface area (Å²) >= 11 is 0. The fourth-order valence-corrected chi connectivity index (χ4v) is 1.81. The molecule has 0 aliphatic carbocycles. The summed E-state index contributed by atoms with van der Waals surface area (Å²) in [5.41, 5.74) is 0.491. The van der Waals surface area contributed by atoms with Crippen LogP contribution in [0.25, 0.3) is 0 Å². The number of amides is 1. The summed E-state index contributed by atoms with van der Waals surface area (Å²) in [5, 5.41) is 21.2. The van der Waals surface area contributed by atoms with Gasteiger partial charge in [-0.2, -0.15) is 0 Å². The lowest BCUT2D eigenvalue weighted by Gasteiger charge is -2.17. The SMILES string of the molecule is CC(=O)OC[C@H]1NC(=O)O[C@@H]1c1ccc(O)c(O)c1. The van der Waals surface area contributed by atoms with Gasteiger partial charge in [-0.3, -0.25) is 4.79 Å². The van der Waals surface area contributed by atoms with Crippen molar-refractivity contribution in [3.8, 4) is 11.5 Å². The lowest BCUT2D eigenvalue weighted by Crippen LogP contribution is -2.33. The van der Waals surface area contributed by atoms with Crippen LogP contribution in [-0.2, 0) is 14.3 Å². The maximum Gasteiger partial charge on any atom is 0.408 e. The quantitative estimate of drug-likeness (QED) is 0.553. The summed E-state index contributed by atoms with van der Waals surface area (Å²) in [4.78, 5) is 22.0. The van der Waals surface area contributed by atoms with Gasteiger partial charge in [0.15, 0.2) is 17.6 Å². The lowest BCUT2D eigenvalue weighted by atomic mass is 10.0. The van der Waals surface area contributed by atoms with Crippen molar-refractivity contribution in [2.75, 3.05) is 6.61 Å². The van der Waals surface area contributed by atoms with Crippen molar-refractivity contribution in [2.45, 2.75) is 19.1 Å². The number of carbonyl (C=O) groups excluding carboxylic acids is 2. The molecule has 2 rings (SSSR count). The van der Waals surface area contributed by atoms with Crippen LogP contribution in [0.1, 0.15) is 18.6 Å². The van der Waals surface area contributed by atoms with Crippen molar-refractivity contribution in [1.29, 1.82) is 0 Å². The van der Waals surface area contributed by atoms with Gasteiger partial charge in [-0.05, 0) is 17.7 Å². The molecule has 1 aliphatic rings. The van der Waals surface area contributed by atoms with Gasteiger partial charge < -0.3 is 25.0 Å². The molecule has 1 fully saturated rings. The van der Waals surface area contributed by atoms with Crippen LogP contribution in [0.3, 0.4) is 0 Å². The number of aromatic hydroxyl groups is 2. The van der Waals surface area contributed by atoms with Gasteiger partial charge in [0.1, 0.15) is 12.6 Å². The zero-order valence-corrected chi connectivity index (χ0v) is 10.1. The fraction of sp³-hybridized carbons (Fsp3) is 0.333. The van der Waals surface area contributed by atoms with E-state index in [0.717, 1.165) is 0 Å². The summed E-state index contributed by atoms with van der Waals surface area (Å²) in [5.74, 6) is -1.04. The Hall–Kier alpha value is -2.44. The fourth-order valence-electron chi connectivity index (χ4n) is 1.81. The van der Waals surface area contributed by atoms with Gasteiger partial charge >= 0.3 is 12.1 Å². The molecule has 0 bridgehead atoms. The first-order valence-corrected chi connectivity index (χ1v) is 5.60. The smallest absolute Gasteiger partial charge is 0.408 e. The van der Waals surface area contributed by atoms with Gasteiger partial charge in [-0.1, -0.05) is 6.07 Å². The minimum Gasteiger partial charge on any atom is -0.504 e. The molecule has 0 spiro atoms. The van der Waals surface area contributed by atoms with E-state index in [1.54, 1.807) is 0 Å². The van der Waals surface area contributed by atoms with E-state index in [1.165, 1.54) is 25.1 Å². The Morgan fingerprint density at radius 1 is 1.42 bits per heavy atom. The molecule has 1 aliphatic heterocycles. The van der Waals surface area contributed by atoms with Crippen LogP contribution in [0.4, 0.5) is 4.79 Å². The van der Waals surface area contributed by atoms with Crippen LogP contribution in [0.15, 0.2) is 18.2 Å². The number of ether oxygens (including phenoxy) is 2. The zero-order chi connectivity index (χ0) is 14.0. The Morgan fingerprint density at radius 2 is 2.16 bits per heavy atom. The van der Waals surface area contributed by atoms with Crippen molar-refractivity contribution >= 4 is 12.1 Å². The van der Waals surface area contributed by atoms with Gasteiger partial charge in [-0.15, -0.1) is 0 Å². The molecule has 2 atom stereocenters. The molecule has 7 nitrogen and oxygen atoms in total. The van der Waals surface area contributed by atoms with E-state index in [9.17, 15) is 19.8 Å². The van der Waals surface area contributed by atoms with E-state index in [-0.39, 0.29) is 18.1 Å². The molecular weight excluding hydrogens is 254 g/mol. The van der Waals surface area contributed by atoms with E-state index in [1.807, 2.05) is 0 Å². The molecule has 19 heavy (non-hydrogen) atoms. The number of rotatable bonds is 3. The summed E-state index contributed by atoms with van der Waals surface area (Å²) in [6, 6.07) is 3.56. The molecule has 1 amide bonds.